The average Bonchev–Trinajstić information content (AvgIpc) is 2.94. The molecule has 0 spiro atoms. The Labute approximate surface area is 254 Å². The van der Waals surface area contributed by atoms with Gasteiger partial charge < -0.3 is 15.2 Å². The number of carboxylic acids is 1. The number of benzene rings is 2. The highest BCUT2D eigenvalue weighted by Crippen LogP contribution is 2.32. The van der Waals surface area contributed by atoms with Gasteiger partial charge in [0.2, 0.25) is 0 Å². The molecule has 0 heterocycles. The van der Waals surface area contributed by atoms with E-state index in [2.05, 4.69) is 50.9 Å². The molecule has 0 unspecified atom stereocenters. The molecule has 42 heavy (non-hydrogen) atoms. The number of rotatable bonds is 14. The summed E-state index contributed by atoms with van der Waals surface area (Å²) in [6, 6.07) is 13.8. The Bertz CT molecular complexity index is 1160. The highest BCUT2D eigenvalue weighted by Gasteiger charge is 2.29. The van der Waals surface area contributed by atoms with Crippen LogP contribution in [0.15, 0.2) is 42.5 Å². The third-order valence-electron chi connectivity index (χ3n) is 8.48. The third-order valence-corrected chi connectivity index (χ3v) is 8.48. The van der Waals surface area contributed by atoms with Crippen LogP contribution >= 0.6 is 0 Å². The maximum atomic E-state index is 13.5. The maximum absolute atomic E-state index is 13.5. The summed E-state index contributed by atoms with van der Waals surface area (Å²) in [6.45, 7) is 16.3. The van der Waals surface area contributed by atoms with Crippen molar-refractivity contribution < 1.29 is 19.4 Å². The Morgan fingerprint density at radius 1 is 1.05 bits per heavy atom. The molecule has 2 aromatic carbocycles. The van der Waals surface area contributed by atoms with E-state index in [1.165, 1.54) is 32.1 Å². The highest BCUT2D eigenvalue weighted by atomic mass is 16.5. The van der Waals surface area contributed by atoms with Crippen molar-refractivity contribution in [1.29, 1.82) is 0 Å². The van der Waals surface area contributed by atoms with Crippen LogP contribution in [-0.2, 0) is 16.1 Å². The van der Waals surface area contributed by atoms with Crippen molar-refractivity contribution >= 4 is 11.9 Å². The van der Waals surface area contributed by atoms with E-state index >= 15 is 0 Å². The van der Waals surface area contributed by atoms with Crippen molar-refractivity contribution in [2.75, 3.05) is 6.61 Å². The predicted octanol–water partition coefficient (Wildman–Crippen LogP) is 8.01. The van der Waals surface area contributed by atoms with Crippen molar-refractivity contribution in [3.8, 4) is 11.1 Å². The van der Waals surface area contributed by atoms with Crippen molar-refractivity contribution in [1.82, 2.24) is 10.2 Å². The van der Waals surface area contributed by atoms with Gasteiger partial charge in [0.15, 0.2) is 0 Å². The number of carbonyl (C=O) groups excluding carboxylic acids is 1. The molecule has 2 aromatic rings. The minimum absolute atomic E-state index is 0.202. The van der Waals surface area contributed by atoms with E-state index < -0.39 is 12.0 Å². The van der Waals surface area contributed by atoms with Gasteiger partial charge in [-0.05, 0) is 94.7 Å². The minimum atomic E-state index is -1.01. The summed E-state index contributed by atoms with van der Waals surface area (Å²) in [5.74, 6) is -0.629. The monoisotopic (exact) mass is 578 g/mol. The molecule has 6 nitrogen and oxygen atoms in total. The second-order valence-corrected chi connectivity index (χ2v) is 13.4. The van der Waals surface area contributed by atoms with Crippen LogP contribution in [0, 0.1) is 12.8 Å². The Balaban J connectivity index is 1.97. The molecule has 2 atom stereocenters. The summed E-state index contributed by atoms with van der Waals surface area (Å²) in [4.78, 5) is 27.9. The van der Waals surface area contributed by atoms with Gasteiger partial charge in [-0.15, -0.1) is 0 Å². The first-order valence-corrected chi connectivity index (χ1v) is 16.0. The lowest BCUT2D eigenvalue weighted by Gasteiger charge is -2.39. The summed E-state index contributed by atoms with van der Waals surface area (Å²) in [7, 11) is 0. The smallest absolute Gasteiger partial charge is 0.326 e. The summed E-state index contributed by atoms with van der Waals surface area (Å²) in [5.41, 5.74) is 4.32. The first kappa shape index (κ1) is 33.8. The molecule has 232 valence electrons. The van der Waals surface area contributed by atoms with Gasteiger partial charge in [0.25, 0.3) is 5.91 Å². The molecule has 0 radical (unpaired) electrons. The van der Waals surface area contributed by atoms with Crippen molar-refractivity contribution in [2.45, 2.75) is 130 Å². The van der Waals surface area contributed by atoms with E-state index in [1.807, 2.05) is 50.2 Å². The number of carboxylic acid groups (broad SMARTS) is 1. The van der Waals surface area contributed by atoms with Gasteiger partial charge in [-0.1, -0.05) is 75.8 Å². The van der Waals surface area contributed by atoms with Gasteiger partial charge in [0.1, 0.15) is 6.04 Å². The van der Waals surface area contributed by atoms with Gasteiger partial charge in [-0.25, -0.2) is 4.79 Å². The Hall–Kier alpha value is -2.70. The van der Waals surface area contributed by atoms with E-state index in [0.29, 0.717) is 37.1 Å². The fourth-order valence-electron chi connectivity index (χ4n) is 6.16. The zero-order valence-corrected chi connectivity index (χ0v) is 27.0. The number of hydrogen-bond donors (Lipinski definition) is 2. The fraction of sp³-hybridized carbons (Fsp3) is 0.611. The Morgan fingerprint density at radius 3 is 2.33 bits per heavy atom. The Kier molecular flexibility index (Phi) is 12.6. The minimum Gasteiger partial charge on any atom is -0.480 e. The van der Waals surface area contributed by atoms with Crippen LogP contribution in [-0.4, -0.2) is 52.2 Å². The summed E-state index contributed by atoms with van der Waals surface area (Å²) in [6.07, 6.45) is 8.79. The molecule has 0 bridgehead atoms. The fourth-order valence-corrected chi connectivity index (χ4v) is 6.16. The summed E-state index contributed by atoms with van der Waals surface area (Å²) >= 11 is 0. The van der Waals surface area contributed by atoms with Crippen molar-refractivity contribution in [2.24, 2.45) is 5.92 Å². The predicted molar refractivity (Wildman–Crippen MR) is 172 cm³/mol. The number of nitrogens with zero attached hydrogens (tertiary/aromatic N) is 1. The zero-order valence-electron chi connectivity index (χ0n) is 27.0. The molecule has 1 aliphatic rings. The molecule has 1 saturated carbocycles. The Morgan fingerprint density at radius 2 is 1.74 bits per heavy atom. The number of nitrogens with one attached hydrogen (secondary N) is 1. The molecular formula is C36H54N2O4. The van der Waals surface area contributed by atoms with E-state index in [4.69, 9.17) is 4.74 Å². The number of amides is 1. The van der Waals surface area contributed by atoms with Crippen LogP contribution in [0.5, 0.6) is 0 Å². The van der Waals surface area contributed by atoms with Gasteiger partial charge in [0, 0.05) is 24.2 Å². The average molecular weight is 579 g/mol. The topological polar surface area (TPSA) is 78.9 Å². The van der Waals surface area contributed by atoms with E-state index in [-0.39, 0.29) is 11.5 Å². The molecule has 3 rings (SSSR count). The van der Waals surface area contributed by atoms with Crippen LogP contribution in [0.4, 0.5) is 0 Å². The second-order valence-electron chi connectivity index (χ2n) is 13.4. The van der Waals surface area contributed by atoms with Crippen LogP contribution < -0.4 is 5.32 Å². The summed E-state index contributed by atoms with van der Waals surface area (Å²) < 4.78 is 6.39. The van der Waals surface area contributed by atoms with Gasteiger partial charge in [-0.2, -0.15) is 0 Å². The lowest BCUT2D eigenvalue weighted by molar-refractivity contribution is -0.139. The first-order chi connectivity index (χ1) is 19.9. The van der Waals surface area contributed by atoms with Crippen molar-refractivity contribution in [3.63, 3.8) is 0 Å². The van der Waals surface area contributed by atoms with Crippen molar-refractivity contribution in [3.05, 3.63) is 59.2 Å². The van der Waals surface area contributed by atoms with E-state index in [1.54, 1.807) is 0 Å². The molecule has 6 heteroatoms. The number of aryl methyl sites for hydroxylation is 1. The second kappa shape index (κ2) is 15.7. The lowest BCUT2D eigenvalue weighted by atomic mass is 9.84. The SMILES string of the molecule is CCC[C@H](NC(=O)c1ccc(CN(C(C)C)[C@@H](COC(C)(C)C)CC2CCCCC2)cc1-c1ccccc1C)C(=O)O. The molecule has 1 fully saturated rings. The molecule has 2 N–H and O–H groups in total. The van der Waals surface area contributed by atoms with E-state index in [9.17, 15) is 14.7 Å². The van der Waals surface area contributed by atoms with Gasteiger partial charge >= 0.3 is 5.97 Å². The number of ether oxygens (including phenoxy) is 1. The molecular weight excluding hydrogens is 524 g/mol. The molecule has 1 amide bonds. The first-order valence-electron chi connectivity index (χ1n) is 16.0. The zero-order chi connectivity index (χ0) is 30.9. The molecule has 1 aliphatic carbocycles. The highest BCUT2D eigenvalue weighted by molar-refractivity contribution is 6.02. The van der Waals surface area contributed by atoms with Gasteiger partial charge in [-0.3, -0.25) is 9.69 Å². The third kappa shape index (κ3) is 9.95. The number of hydrogen-bond acceptors (Lipinski definition) is 4. The van der Waals surface area contributed by atoms with Crippen LogP contribution in [0.3, 0.4) is 0 Å². The molecule has 0 aromatic heterocycles. The largest absolute Gasteiger partial charge is 0.480 e. The summed E-state index contributed by atoms with van der Waals surface area (Å²) in [5, 5.41) is 12.4. The number of aliphatic carboxylic acids is 1. The van der Waals surface area contributed by atoms with Crippen LogP contribution in [0.1, 0.15) is 114 Å². The van der Waals surface area contributed by atoms with Crippen LogP contribution in [0.2, 0.25) is 0 Å². The molecule has 0 saturated heterocycles. The molecule has 0 aliphatic heterocycles. The van der Waals surface area contributed by atoms with E-state index in [0.717, 1.165) is 41.1 Å². The van der Waals surface area contributed by atoms with Gasteiger partial charge in [0.05, 0.1) is 12.2 Å². The number of carbonyl (C=O) groups is 2. The van der Waals surface area contributed by atoms with Crippen LogP contribution in [0.25, 0.3) is 11.1 Å². The maximum Gasteiger partial charge on any atom is 0.326 e. The lowest BCUT2D eigenvalue weighted by Crippen LogP contribution is -2.45. The quantitative estimate of drug-likeness (QED) is 0.237. The standard InChI is InChI=1S/C36H54N2O4/c1-8-14-33(35(40)41)37-34(39)31-20-19-28(22-32(31)30-18-13-12-15-26(30)4)23-38(25(2)3)29(24-42-36(5,6)7)21-27-16-10-9-11-17-27/h12-13,15,18-20,22,25,27,29,33H,8-11,14,16-17,21,23-24H2,1-7H3,(H,37,39)(H,40,41)/t29-,33+/m1/s1. The normalized spacial score (nSPS) is 16.0.